The van der Waals surface area contributed by atoms with Gasteiger partial charge in [0.05, 0.1) is 19.7 Å². The van der Waals surface area contributed by atoms with Crippen molar-refractivity contribution in [2.45, 2.75) is 12.6 Å². The Morgan fingerprint density at radius 2 is 2.35 bits per heavy atom. The molecule has 0 aliphatic carbocycles. The van der Waals surface area contributed by atoms with Crippen molar-refractivity contribution >= 4 is 11.3 Å². The van der Waals surface area contributed by atoms with Gasteiger partial charge in [-0.3, -0.25) is 4.90 Å². The molecule has 1 fully saturated rings. The molecule has 1 saturated heterocycles. The number of methoxy groups -OCH3 is 1. The van der Waals surface area contributed by atoms with Crippen molar-refractivity contribution in [2.24, 2.45) is 0 Å². The second-order valence-corrected chi connectivity index (χ2v) is 5.84. The van der Waals surface area contributed by atoms with Crippen LogP contribution >= 0.6 is 11.3 Å². The van der Waals surface area contributed by atoms with Crippen molar-refractivity contribution in [1.29, 1.82) is 0 Å². The highest BCUT2D eigenvalue weighted by atomic mass is 32.1. The van der Waals surface area contributed by atoms with Crippen LogP contribution in [0.3, 0.4) is 0 Å². The molecule has 0 spiro atoms. The number of thiazole rings is 1. The van der Waals surface area contributed by atoms with Crippen molar-refractivity contribution < 1.29 is 4.74 Å². The predicted octanol–water partition coefficient (Wildman–Crippen LogP) is 2.30. The van der Waals surface area contributed by atoms with Gasteiger partial charge in [-0.15, -0.1) is 11.3 Å². The zero-order chi connectivity index (χ0) is 13.8. The van der Waals surface area contributed by atoms with Gasteiger partial charge in [-0.05, 0) is 6.07 Å². The summed E-state index contributed by atoms with van der Waals surface area (Å²) in [5.74, 6) is 0.963. The maximum absolute atomic E-state index is 5.51. The Kier molecular flexibility index (Phi) is 4.30. The summed E-state index contributed by atoms with van der Waals surface area (Å²) in [6.45, 7) is 3.91. The van der Waals surface area contributed by atoms with E-state index in [9.17, 15) is 0 Å². The molecule has 4 nitrogen and oxygen atoms in total. The van der Waals surface area contributed by atoms with Crippen molar-refractivity contribution in [3.05, 3.63) is 46.4 Å². The van der Waals surface area contributed by atoms with Gasteiger partial charge in [0.15, 0.2) is 0 Å². The third kappa shape index (κ3) is 2.85. The van der Waals surface area contributed by atoms with Gasteiger partial charge in [0.1, 0.15) is 10.8 Å². The number of nitrogens with zero attached hydrogens (tertiary/aromatic N) is 2. The minimum atomic E-state index is 0.337. The van der Waals surface area contributed by atoms with Crippen LogP contribution in [0.4, 0.5) is 0 Å². The van der Waals surface area contributed by atoms with Gasteiger partial charge in [-0.25, -0.2) is 4.98 Å². The van der Waals surface area contributed by atoms with Crippen LogP contribution in [0.2, 0.25) is 0 Å². The Morgan fingerprint density at radius 1 is 1.45 bits per heavy atom. The summed E-state index contributed by atoms with van der Waals surface area (Å²) in [5.41, 5.74) is 1.25. The van der Waals surface area contributed by atoms with Crippen LogP contribution in [0.5, 0.6) is 5.75 Å². The van der Waals surface area contributed by atoms with E-state index < -0.39 is 0 Å². The lowest BCUT2D eigenvalue weighted by Crippen LogP contribution is -2.45. The van der Waals surface area contributed by atoms with Gasteiger partial charge in [0.2, 0.25) is 0 Å². The van der Waals surface area contributed by atoms with Gasteiger partial charge >= 0.3 is 0 Å². The summed E-state index contributed by atoms with van der Waals surface area (Å²) in [6, 6.07) is 8.62. The zero-order valence-corrected chi connectivity index (χ0v) is 12.4. The molecule has 0 unspecified atom stereocenters. The zero-order valence-electron chi connectivity index (χ0n) is 11.6. The number of hydrogen-bond acceptors (Lipinski definition) is 5. The Balaban J connectivity index is 1.84. The van der Waals surface area contributed by atoms with Crippen LogP contribution in [0.15, 0.2) is 35.8 Å². The fraction of sp³-hybridized carbons (Fsp3) is 0.400. The lowest BCUT2D eigenvalue weighted by Gasteiger charge is -2.36. The number of rotatable bonds is 4. The van der Waals surface area contributed by atoms with E-state index in [2.05, 4.69) is 27.3 Å². The molecular formula is C15H19N3OS. The van der Waals surface area contributed by atoms with E-state index in [1.165, 1.54) is 10.6 Å². The van der Waals surface area contributed by atoms with Gasteiger partial charge in [-0.1, -0.05) is 18.2 Å². The number of piperazine rings is 1. The summed E-state index contributed by atoms with van der Waals surface area (Å²) in [6.07, 6.45) is 1.88. The van der Waals surface area contributed by atoms with E-state index in [0.717, 1.165) is 31.9 Å². The second kappa shape index (κ2) is 6.35. The number of nitrogens with one attached hydrogen (secondary N) is 1. The average Bonchev–Trinajstić information content (AvgIpc) is 3.01. The van der Waals surface area contributed by atoms with Crippen molar-refractivity contribution in [3.63, 3.8) is 0 Å². The third-order valence-electron chi connectivity index (χ3n) is 3.67. The summed E-state index contributed by atoms with van der Waals surface area (Å²) in [7, 11) is 1.74. The van der Waals surface area contributed by atoms with Crippen LogP contribution in [-0.2, 0) is 6.54 Å². The van der Waals surface area contributed by atoms with E-state index in [1.54, 1.807) is 18.4 Å². The highest BCUT2D eigenvalue weighted by molar-refractivity contribution is 7.09. The number of ether oxygens (including phenoxy) is 1. The summed E-state index contributed by atoms with van der Waals surface area (Å²) in [5, 5.41) is 6.69. The molecule has 1 aliphatic rings. The van der Waals surface area contributed by atoms with E-state index in [0.29, 0.717) is 6.04 Å². The normalized spacial score (nSPS) is 19.9. The summed E-state index contributed by atoms with van der Waals surface area (Å²) in [4.78, 5) is 6.89. The molecule has 106 valence electrons. The molecule has 1 aromatic carbocycles. The average molecular weight is 289 g/mol. The standard InChI is InChI=1S/C15H19N3OS/c1-19-14-5-3-2-4-12(14)13-10-16-6-8-18(13)11-15-17-7-9-20-15/h2-5,7,9,13,16H,6,8,10-11H2,1H3/t13-/m0/s1. The molecule has 2 heterocycles. The molecule has 1 atom stereocenters. The van der Waals surface area contributed by atoms with Gasteiger partial charge in [-0.2, -0.15) is 0 Å². The van der Waals surface area contributed by atoms with Crippen LogP contribution in [0.1, 0.15) is 16.6 Å². The minimum Gasteiger partial charge on any atom is -0.496 e. The fourth-order valence-electron chi connectivity index (χ4n) is 2.69. The molecule has 1 aromatic heterocycles. The van der Waals surface area contributed by atoms with Gasteiger partial charge < -0.3 is 10.1 Å². The Hall–Kier alpha value is -1.43. The first-order valence-corrected chi connectivity index (χ1v) is 7.72. The largest absolute Gasteiger partial charge is 0.496 e. The molecule has 1 aliphatic heterocycles. The van der Waals surface area contributed by atoms with Crippen molar-refractivity contribution in [3.8, 4) is 5.75 Å². The number of hydrogen-bond donors (Lipinski definition) is 1. The molecular weight excluding hydrogens is 270 g/mol. The fourth-order valence-corrected chi connectivity index (χ4v) is 3.33. The quantitative estimate of drug-likeness (QED) is 0.937. The van der Waals surface area contributed by atoms with E-state index in [-0.39, 0.29) is 0 Å². The van der Waals surface area contributed by atoms with Crippen LogP contribution in [0, 0.1) is 0 Å². The van der Waals surface area contributed by atoms with Crippen LogP contribution in [0.25, 0.3) is 0 Å². The number of para-hydroxylation sites is 1. The Labute approximate surface area is 123 Å². The molecule has 5 heteroatoms. The number of benzene rings is 1. The molecule has 20 heavy (non-hydrogen) atoms. The van der Waals surface area contributed by atoms with E-state index in [4.69, 9.17) is 4.74 Å². The first-order valence-electron chi connectivity index (χ1n) is 6.84. The predicted molar refractivity (Wildman–Crippen MR) is 81.1 cm³/mol. The van der Waals surface area contributed by atoms with E-state index in [1.807, 2.05) is 23.7 Å². The first-order chi connectivity index (χ1) is 9.88. The van der Waals surface area contributed by atoms with Gasteiger partial charge in [0, 0.05) is 36.8 Å². The molecule has 0 bridgehead atoms. The van der Waals surface area contributed by atoms with Crippen LogP contribution in [-0.4, -0.2) is 36.6 Å². The molecule has 0 radical (unpaired) electrons. The topological polar surface area (TPSA) is 37.4 Å². The summed E-state index contributed by atoms with van der Waals surface area (Å²) < 4.78 is 5.51. The lowest BCUT2D eigenvalue weighted by atomic mass is 10.0. The monoisotopic (exact) mass is 289 g/mol. The molecule has 0 amide bonds. The summed E-state index contributed by atoms with van der Waals surface area (Å²) >= 11 is 1.72. The maximum Gasteiger partial charge on any atom is 0.123 e. The second-order valence-electron chi connectivity index (χ2n) is 4.86. The van der Waals surface area contributed by atoms with E-state index >= 15 is 0 Å². The highest BCUT2D eigenvalue weighted by Gasteiger charge is 2.26. The first kappa shape index (κ1) is 13.5. The number of aromatic nitrogens is 1. The van der Waals surface area contributed by atoms with Crippen molar-refractivity contribution in [1.82, 2.24) is 15.2 Å². The van der Waals surface area contributed by atoms with Crippen molar-refractivity contribution in [2.75, 3.05) is 26.7 Å². The molecule has 0 saturated carbocycles. The maximum atomic E-state index is 5.51. The Morgan fingerprint density at radius 3 is 3.15 bits per heavy atom. The molecule has 2 aromatic rings. The highest BCUT2D eigenvalue weighted by Crippen LogP contribution is 2.31. The third-order valence-corrected chi connectivity index (χ3v) is 4.44. The lowest BCUT2D eigenvalue weighted by molar-refractivity contribution is 0.151. The molecule has 3 rings (SSSR count). The molecule has 1 N–H and O–H groups in total. The van der Waals surface area contributed by atoms with Crippen LogP contribution < -0.4 is 10.1 Å². The SMILES string of the molecule is COc1ccccc1[C@@H]1CNCCN1Cc1nccs1. The smallest absolute Gasteiger partial charge is 0.123 e. The Bertz CT molecular complexity index is 544. The van der Waals surface area contributed by atoms with Gasteiger partial charge in [0.25, 0.3) is 0 Å². The minimum absolute atomic E-state index is 0.337.